The highest BCUT2D eigenvalue weighted by atomic mass is 16.5. The van der Waals surface area contributed by atoms with Crippen molar-refractivity contribution in [2.24, 2.45) is 7.05 Å². The van der Waals surface area contributed by atoms with E-state index in [1.54, 1.807) is 12.1 Å². The van der Waals surface area contributed by atoms with Crippen molar-refractivity contribution >= 4 is 11.8 Å². The van der Waals surface area contributed by atoms with Crippen LogP contribution in [0.2, 0.25) is 0 Å². The molecule has 0 aliphatic carbocycles. The molecule has 0 atom stereocenters. The molecule has 0 bridgehead atoms. The van der Waals surface area contributed by atoms with Crippen LogP contribution in [0.1, 0.15) is 32.0 Å². The molecule has 4 heteroatoms. The third-order valence-electron chi connectivity index (χ3n) is 4.66. The monoisotopic (exact) mass is 347 g/mol. The van der Waals surface area contributed by atoms with E-state index in [-0.39, 0.29) is 12.2 Å². The lowest BCUT2D eigenvalue weighted by Crippen LogP contribution is -2.10. The summed E-state index contributed by atoms with van der Waals surface area (Å²) in [5.41, 5.74) is 4.42. The second-order valence-electron chi connectivity index (χ2n) is 6.17. The maximum Gasteiger partial charge on any atom is 0.340 e. The molecule has 1 heterocycles. The minimum Gasteiger partial charge on any atom is -0.465 e. The van der Waals surface area contributed by atoms with Crippen LogP contribution >= 0.6 is 0 Å². The van der Waals surface area contributed by atoms with Crippen LogP contribution in [0, 0.1) is 6.92 Å². The van der Waals surface area contributed by atoms with E-state index in [0.717, 1.165) is 17.0 Å². The van der Waals surface area contributed by atoms with E-state index in [4.69, 9.17) is 4.74 Å². The normalized spacial score (nSPS) is 10.6. The Kier molecular flexibility index (Phi) is 5.03. The van der Waals surface area contributed by atoms with Crippen molar-refractivity contribution in [3.8, 4) is 11.3 Å². The smallest absolute Gasteiger partial charge is 0.340 e. The molecule has 0 aliphatic rings. The number of methoxy groups -OCH3 is 1. The highest BCUT2D eigenvalue weighted by molar-refractivity contribution is 6.02. The number of ketones is 1. The number of carbonyl (C=O) groups excluding carboxylic acids is 2. The van der Waals surface area contributed by atoms with Crippen molar-refractivity contribution in [3.63, 3.8) is 0 Å². The summed E-state index contributed by atoms with van der Waals surface area (Å²) < 4.78 is 6.94. The van der Waals surface area contributed by atoms with Crippen LogP contribution in [0.4, 0.5) is 0 Å². The first-order valence-electron chi connectivity index (χ1n) is 8.44. The van der Waals surface area contributed by atoms with Gasteiger partial charge >= 0.3 is 5.97 Å². The summed E-state index contributed by atoms with van der Waals surface area (Å²) in [6.45, 7) is 1.87. The van der Waals surface area contributed by atoms with E-state index < -0.39 is 5.97 Å². The molecule has 3 aromatic rings. The van der Waals surface area contributed by atoms with Crippen LogP contribution in [0.25, 0.3) is 11.3 Å². The first-order chi connectivity index (χ1) is 12.5. The first-order valence-corrected chi connectivity index (χ1v) is 8.44. The third-order valence-corrected chi connectivity index (χ3v) is 4.66. The Morgan fingerprint density at radius 2 is 1.54 bits per heavy atom. The van der Waals surface area contributed by atoms with Crippen molar-refractivity contribution in [1.82, 2.24) is 4.57 Å². The molecule has 2 aromatic carbocycles. The van der Waals surface area contributed by atoms with Crippen molar-refractivity contribution in [3.05, 3.63) is 83.0 Å². The fourth-order valence-corrected chi connectivity index (χ4v) is 3.27. The molecular formula is C22H21NO3. The molecule has 0 N–H and O–H groups in total. The minimum absolute atomic E-state index is 0.0291. The predicted octanol–water partition coefficient (Wildman–Crippen LogP) is 4.21. The topological polar surface area (TPSA) is 48.3 Å². The van der Waals surface area contributed by atoms with E-state index in [1.165, 1.54) is 7.11 Å². The Hall–Kier alpha value is -3.14. The van der Waals surface area contributed by atoms with Gasteiger partial charge in [-0.3, -0.25) is 4.79 Å². The molecule has 0 amide bonds. The lowest BCUT2D eigenvalue weighted by molar-refractivity contribution is 0.0599. The number of benzene rings is 2. The Morgan fingerprint density at radius 3 is 2.12 bits per heavy atom. The van der Waals surface area contributed by atoms with Gasteiger partial charge in [0.2, 0.25) is 0 Å². The number of nitrogens with zero attached hydrogens (tertiary/aromatic N) is 1. The summed E-state index contributed by atoms with van der Waals surface area (Å²) in [5, 5.41) is 0. The van der Waals surface area contributed by atoms with Gasteiger partial charge in [-0.05, 0) is 12.5 Å². The van der Waals surface area contributed by atoms with Crippen LogP contribution in [0.15, 0.2) is 60.7 Å². The van der Waals surface area contributed by atoms with E-state index in [0.29, 0.717) is 16.7 Å². The predicted molar refractivity (Wildman–Crippen MR) is 101 cm³/mol. The van der Waals surface area contributed by atoms with E-state index in [2.05, 4.69) is 0 Å². The lowest BCUT2D eigenvalue weighted by atomic mass is 9.96. The summed E-state index contributed by atoms with van der Waals surface area (Å²) in [4.78, 5) is 25.2. The van der Waals surface area contributed by atoms with Crippen molar-refractivity contribution in [2.75, 3.05) is 7.11 Å². The largest absolute Gasteiger partial charge is 0.465 e. The summed E-state index contributed by atoms with van der Waals surface area (Å²) in [7, 11) is 3.26. The molecule has 26 heavy (non-hydrogen) atoms. The van der Waals surface area contributed by atoms with Gasteiger partial charge in [0, 0.05) is 30.3 Å². The second kappa shape index (κ2) is 7.40. The number of aromatic nitrogens is 1. The van der Waals surface area contributed by atoms with Crippen molar-refractivity contribution in [2.45, 2.75) is 13.3 Å². The molecule has 132 valence electrons. The Labute approximate surface area is 153 Å². The van der Waals surface area contributed by atoms with Crippen molar-refractivity contribution < 1.29 is 14.3 Å². The fourth-order valence-electron chi connectivity index (χ4n) is 3.27. The maximum absolute atomic E-state index is 12.8. The molecular weight excluding hydrogens is 326 g/mol. The first kappa shape index (κ1) is 17.7. The maximum atomic E-state index is 12.8. The molecule has 4 nitrogen and oxygen atoms in total. The number of Topliss-reactive ketones (excluding diaryl/α,β-unsaturated/α-hetero) is 1. The molecule has 0 spiro atoms. The van der Waals surface area contributed by atoms with Gasteiger partial charge in [-0.1, -0.05) is 60.7 Å². The van der Waals surface area contributed by atoms with Gasteiger partial charge in [0.1, 0.15) is 0 Å². The van der Waals surface area contributed by atoms with Gasteiger partial charge in [0.15, 0.2) is 5.78 Å². The van der Waals surface area contributed by atoms with E-state index in [9.17, 15) is 9.59 Å². The summed E-state index contributed by atoms with van der Waals surface area (Å²) >= 11 is 0. The van der Waals surface area contributed by atoms with Gasteiger partial charge in [-0.25, -0.2) is 4.79 Å². The minimum atomic E-state index is -0.420. The number of esters is 1. The van der Waals surface area contributed by atoms with Gasteiger partial charge in [0.25, 0.3) is 0 Å². The zero-order chi connectivity index (χ0) is 18.7. The highest BCUT2D eigenvalue weighted by Gasteiger charge is 2.26. The average Bonchev–Trinajstić information content (AvgIpc) is 2.92. The highest BCUT2D eigenvalue weighted by Crippen LogP contribution is 2.32. The summed E-state index contributed by atoms with van der Waals surface area (Å²) in [6.07, 6.45) is 0.139. The SMILES string of the molecule is COC(=O)c1c(CC(=O)c2ccccc2)c(-c2ccccc2)n(C)c1C. The summed E-state index contributed by atoms with van der Waals surface area (Å²) in [6, 6.07) is 18.9. The van der Waals surface area contributed by atoms with Crippen molar-refractivity contribution in [1.29, 1.82) is 0 Å². The lowest BCUT2D eigenvalue weighted by Gasteiger charge is -2.09. The summed E-state index contributed by atoms with van der Waals surface area (Å²) in [5.74, 6) is -0.449. The van der Waals surface area contributed by atoms with Crippen LogP contribution in [-0.4, -0.2) is 23.4 Å². The zero-order valence-electron chi connectivity index (χ0n) is 15.2. The molecule has 3 rings (SSSR count). The molecule has 0 saturated heterocycles. The number of rotatable bonds is 5. The fraction of sp³-hybridized carbons (Fsp3) is 0.182. The van der Waals surface area contributed by atoms with E-state index in [1.807, 2.05) is 67.1 Å². The number of hydrogen-bond acceptors (Lipinski definition) is 3. The molecule has 0 radical (unpaired) electrons. The van der Waals surface area contributed by atoms with Crippen LogP contribution in [0.3, 0.4) is 0 Å². The molecule has 0 saturated carbocycles. The average molecular weight is 347 g/mol. The van der Waals surface area contributed by atoms with Gasteiger partial charge in [-0.2, -0.15) is 0 Å². The quantitative estimate of drug-likeness (QED) is 0.513. The Morgan fingerprint density at radius 1 is 0.962 bits per heavy atom. The van der Waals surface area contributed by atoms with Gasteiger partial charge in [0.05, 0.1) is 18.4 Å². The molecule has 0 unspecified atom stereocenters. The number of carbonyl (C=O) groups is 2. The van der Waals surface area contributed by atoms with Crippen LogP contribution in [0.5, 0.6) is 0 Å². The van der Waals surface area contributed by atoms with E-state index >= 15 is 0 Å². The zero-order valence-corrected chi connectivity index (χ0v) is 15.2. The van der Waals surface area contributed by atoms with Crippen LogP contribution in [-0.2, 0) is 18.2 Å². The molecule has 1 aromatic heterocycles. The standard InChI is InChI=1S/C22H21NO3/c1-15-20(22(25)26-3)18(14-19(24)16-10-6-4-7-11-16)21(23(15)2)17-12-8-5-9-13-17/h4-13H,14H2,1-3H3. The Balaban J connectivity index is 2.16. The number of hydrogen-bond donors (Lipinski definition) is 0. The molecule has 0 aliphatic heterocycles. The van der Waals surface area contributed by atoms with Gasteiger partial charge in [-0.15, -0.1) is 0 Å². The Bertz CT molecular complexity index is 941. The van der Waals surface area contributed by atoms with Gasteiger partial charge < -0.3 is 9.30 Å². The number of ether oxygens (including phenoxy) is 1. The third kappa shape index (κ3) is 3.18. The molecule has 0 fully saturated rings. The second-order valence-corrected chi connectivity index (χ2v) is 6.17. The van der Waals surface area contributed by atoms with Crippen LogP contribution < -0.4 is 0 Å².